The second-order valence-corrected chi connectivity index (χ2v) is 10.0. The van der Waals surface area contributed by atoms with E-state index in [-0.39, 0.29) is 11.3 Å². The third-order valence-electron chi connectivity index (χ3n) is 5.63. The predicted molar refractivity (Wildman–Crippen MR) is 109 cm³/mol. The lowest BCUT2D eigenvalue weighted by Gasteiger charge is -2.22. The molecule has 0 saturated heterocycles. The topological polar surface area (TPSA) is 113 Å². The predicted octanol–water partition coefficient (Wildman–Crippen LogP) is 2.59. The van der Waals surface area contributed by atoms with Gasteiger partial charge in [-0.15, -0.1) is 0 Å². The van der Waals surface area contributed by atoms with Crippen LogP contribution in [0.4, 0.5) is 0 Å². The van der Waals surface area contributed by atoms with Crippen molar-refractivity contribution in [3.8, 4) is 5.75 Å². The summed E-state index contributed by atoms with van der Waals surface area (Å²) in [6.07, 6.45) is -1.07. The summed E-state index contributed by atoms with van der Waals surface area (Å²) < 4.78 is 35.1. The minimum absolute atomic E-state index is 0.101. The quantitative estimate of drug-likeness (QED) is 0.604. The molecule has 2 aromatic rings. The average Bonchev–Trinajstić information content (AvgIpc) is 3.17. The molecule has 0 aromatic heterocycles. The molecule has 5 unspecified atom stereocenters. The van der Waals surface area contributed by atoms with Crippen molar-refractivity contribution in [3.05, 3.63) is 58.1 Å². The van der Waals surface area contributed by atoms with E-state index in [1.165, 1.54) is 12.1 Å². The molecule has 3 N–H and O–H groups in total. The van der Waals surface area contributed by atoms with E-state index in [9.17, 15) is 23.4 Å². The van der Waals surface area contributed by atoms with E-state index < -0.39 is 46.1 Å². The number of fused-ring (bicyclic) bond motifs is 3. The van der Waals surface area contributed by atoms with Gasteiger partial charge >= 0.3 is 5.97 Å². The summed E-state index contributed by atoms with van der Waals surface area (Å²) in [5.41, 5.74) is 1.27. The first kappa shape index (κ1) is 20.3. The van der Waals surface area contributed by atoms with Crippen LogP contribution in [0.15, 0.2) is 51.8 Å². The molecule has 4 rings (SSSR count). The Kier molecular flexibility index (Phi) is 5.18. The minimum Gasteiger partial charge on any atom is -0.489 e. The third-order valence-corrected chi connectivity index (χ3v) is 7.64. The monoisotopic (exact) mass is 481 g/mol. The van der Waals surface area contributed by atoms with Crippen LogP contribution >= 0.6 is 15.9 Å². The van der Waals surface area contributed by atoms with Gasteiger partial charge in [0.05, 0.1) is 23.0 Å². The van der Waals surface area contributed by atoms with Gasteiger partial charge in [-0.2, -0.15) is 0 Å². The Morgan fingerprint density at radius 3 is 2.59 bits per heavy atom. The highest BCUT2D eigenvalue weighted by Gasteiger charge is 2.51. The lowest BCUT2D eigenvalue weighted by atomic mass is 9.90. The van der Waals surface area contributed by atoms with E-state index in [4.69, 9.17) is 4.74 Å². The molecule has 1 heterocycles. The van der Waals surface area contributed by atoms with Gasteiger partial charge in [-0.1, -0.05) is 34.1 Å². The van der Waals surface area contributed by atoms with Crippen molar-refractivity contribution >= 4 is 31.9 Å². The fraction of sp³-hybridized carbons (Fsp3) is 0.350. The molecule has 1 aliphatic carbocycles. The van der Waals surface area contributed by atoms with Gasteiger partial charge in [0.1, 0.15) is 11.9 Å². The summed E-state index contributed by atoms with van der Waals surface area (Å²) >= 11 is 3.28. The van der Waals surface area contributed by atoms with Crippen molar-refractivity contribution in [1.82, 2.24) is 4.72 Å². The number of carboxylic acids is 1. The highest BCUT2D eigenvalue weighted by atomic mass is 79.9. The number of aliphatic hydroxyl groups excluding tert-OH is 1. The Morgan fingerprint density at radius 1 is 1.24 bits per heavy atom. The lowest BCUT2D eigenvalue weighted by molar-refractivity contribution is -0.138. The molecule has 154 valence electrons. The first-order chi connectivity index (χ1) is 13.7. The first-order valence-electron chi connectivity index (χ1n) is 9.17. The van der Waals surface area contributed by atoms with Gasteiger partial charge in [0, 0.05) is 27.9 Å². The van der Waals surface area contributed by atoms with Gasteiger partial charge in [-0.05, 0) is 31.2 Å². The molecule has 7 nitrogen and oxygen atoms in total. The highest BCUT2D eigenvalue weighted by Crippen LogP contribution is 2.50. The van der Waals surface area contributed by atoms with E-state index >= 15 is 0 Å². The van der Waals surface area contributed by atoms with Crippen molar-refractivity contribution in [1.29, 1.82) is 0 Å². The normalized spacial score (nSPS) is 26.4. The SMILES string of the molecule is CC(C(=O)O)c1cccc2c1OC1CC(O)C(NS(=O)(=O)c3ccc(Br)cc3)C21. The van der Waals surface area contributed by atoms with Crippen LogP contribution in [-0.4, -0.2) is 42.8 Å². The number of carbonyl (C=O) groups is 1. The number of rotatable bonds is 5. The fourth-order valence-electron chi connectivity index (χ4n) is 4.13. The Labute approximate surface area is 176 Å². The number of aliphatic carboxylic acids is 1. The number of carboxylic acid groups (broad SMARTS) is 1. The van der Waals surface area contributed by atoms with Crippen molar-refractivity contribution in [2.45, 2.75) is 48.3 Å². The molecule has 2 aromatic carbocycles. The number of para-hydroxylation sites is 1. The fourth-order valence-corrected chi connectivity index (χ4v) is 5.68. The van der Waals surface area contributed by atoms with Crippen LogP contribution in [0, 0.1) is 0 Å². The molecular formula is C20H20BrNO6S. The molecule has 5 atom stereocenters. The number of benzene rings is 2. The number of halogens is 1. The zero-order chi connectivity index (χ0) is 20.9. The van der Waals surface area contributed by atoms with Crippen LogP contribution in [0.5, 0.6) is 5.75 Å². The zero-order valence-electron chi connectivity index (χ0n) is 15.4. The third kappa shape index (κ3) is 3.56. The molecule has 1 fully saturated rings. The van der Waals surface area contributed by atoms with Crippen molar-refractivity contribution < 1.29 is 28.2 Å². The summed E-state index contributed by atoms with van der Waals surface area (Å²) in [6, 6.07) is 10.7. The molecule has 0 radical (unpaired) electrons. The number of sulfonamides is 1. The molecule has 1 aliphatic heterocycles. The summed E-state index contributed by atoms with van der Waals surface area (Å²) in [5.74, 6) is -1.64. The van der Waals surface area contributed by atoms with Crippen LogP contribution < -0.4 is 9.46 Å². The Balaban J connectivity index is 1.68. The van der Waals surface area contributed by atoms with Gasteiger partial charge in [-0.25, -0.2) is 13.1 Å². The number of ether oxygens (including phenoxy) is 1. The van der Waals surface area contributed by atoms with Crippen LogP contribution in [-0.2, 0) is 14.8 Å². The summed E-state index contributed by atoms with van der Waals surface area (Å²) in [4.78, 5) is 11.5. The summed E-state index contributed by atoms with van der Waals surface area (Å²) in [7, 11) is -3.85. The van der Waals surface area contributed by atoms with Gasteiger partial charge in [0.25, 0.3) is 0 Å². The largest absolute Gasteiger partial charge is 0.489 e. The van der Waals surface area contributed by atoms with Crippen LogP contribution in [0.2, 0.25) is 0 Å². The number of nitrogens with one attached hydrogen (secondary N) is 1. The van der Waals surface area contributed by atoms with E-state index in [2.05, 4.69) is 20.7 Å². The molecule has 29 heavy (non-hydrogen) atoms. The smallest absolute Gasteiger partial charge is 0.310 e. The van der Waals surface area contributed by atoms with Gasteiger partial charge < -0.3 is 14.9 Å². The van der Waals surface area contributed by atoms with Crippen molar-refractivity contribution in [2.75, 3.05) is 0 Å². The average molecular weight is 482 g/mol. The molecule has 1 saturated carbocycles. The van der Waals surface area contributed by atoms with E-state index in [1.54, 1.807) is 37.3 Å². The van der Waals surface area contributed by atoms with Crippen LogP contribution in [0.3, 0.4) is 0 Å². The maximum Gasteiger partial charge on any atom is 0.310 e. The molecule has 0 spiro atoms. The number of aliphatic hydroxyl groups is 1. The minimum atomic E-state index is -3.85. The molecule has 0 amide bonds. The second-order valence-electron chi connectivity index (χ2n) is 7.41. The second kappa shape index (κ2) is 7.39. The van der Waals surface area contributed by atoms with Crippen molar-refractivity contribution in [2.24, 2.45) is 0 Å². The van der Waals surface area contributed by atoms with Gasteiger partial charge in [-0.3, -0.25) is 4.79 Å². The maximum atomic E-state index is 12.9. The summed E-state index contributed by atoms with van der Waals surface area (Å²) in [5, 5.41) is 19.9. The highest BCUT2D eigenvalue weighted by molar-refractivity contribution is 9.10. The van der Waals surface area contributed by atoms with E-state index in [1.807, 2.05) is 0 Å². The maximum absolute atomic E-state index is 12.9. The Bertz CT molecular complexity index is 1060. The van der Waals surface area contributed by atoms with Gasteiger partial charge in [0.15, 0.2) is 0 Å². The summed E-state index contributed by atoms with van der Waals surface area (Å²) in [6.45, 7) is 1.58. The van der Waals surface area contributed by atoms with Gasteiger partial charge in [0.2, 0.25) is 10.0 Å². The lowest BCUT2D eigenvalue weighted by Crippen LogP contribution is -2.43. The van der Waals surface area contributed by atoms with Crippen LogP contribution in [0.1, 0.15) is 36.3 Å². The standard InChI is InChI=1S/C20H20BrNO6S/c1-10(20(24)25)13-3-2-4-14-17-16(28-19(13)14)9-15(23)18(17)22-29(26,27)12-7-5-11(21)6-8-12/h2-8,10,15-18,22-23H,9H2,1H3,(H,24,25). The van der Waals surface area contributed by atoms with E-state index in [0.717, 1.165) is 10.0 Å². The molecule has 2 aliphatic rings. The van der Waals surface area contributed by atoms with Crippen LogP contribution in [0.25, 0.3) is 0 Å². The first-order valence-corrected chi connectivity index (χ1v) is 11.4. The Hall–Kier alpha value is -1.94. The Morgan fingerprint density at radius 2 is 1.93 bits per heavy atom. The van der Waals surface area contributed by atoms with Crippen molar-refractivity contribution in [3.63, 3.8) is 0 Å². The van der Waals surface area contributed by atoms with E-state index in [0.29, 0.717) is 11.3 Å². The number of hydrogen-bond donors (Lipinski definition) is 3. The molecular weight excluding hydrogens is 462 g/mol. The molecule has 9 heteroatoms. The molecule has 0 bridgehead atoms. The zero-order valence-corrected chi connectivity index (χ0v) is 17.9. The number of hydrogen-bond acceptors (Lipinski definition) is 5.